The third kappa shape index (κ3) is 3.26. The fourth-order valence-corrected chi connectivity index (χ4v) is 0.161. The number of amides is 1. The molecule has 0 saturated carbocycles. The summed E-state index contributed by atoms with van der Waals surface area (Å²) in [7, 11) is 1.76. The van der Waals surface area contributed by atoms with Crippen LogP contribution in [0, 0.1) is 0 Å². The van der Waals surface area contributed by atoms with Crippen molar-refractivity contribution < 1.29 is 4.79 Å². The Morgan fingerprint density at radius 2 is 2.29 bits per heavy atom. The molecule has 0 aliphatic carbocycles. The summed E-state index contributed by atoms with van der Waals surface area (Å²) in [5.41, 5.74) is 0. The van der Waals surface area contributed by atoms with Crippen LogP contribution in [0.4, 0.5) is 0 Å². The van der Waals surface area contributed by atoms with Crippen LogP contribution >= 0.6 is 0 Å². The van der Waals surface area contributed by atoms with Crippen molar-refractivity contribution in [3.8, 4) is 0 Å². The summed E-state index contributed by atoms with van der Waals surface area (Å²) in [6.07, 6.45) is 1.58. The molecule has 0 aliphatic heterocycles. The summed E-state index contributed by atoms with van der Waals surface area (Å²) in [5.74, 6) is 0. The van der Waals surface area contributed by atoms with Crippen LogP contribution in [-0.2, 0) is 4.79 Å². The summed E-state index contributed by atoms with van der Waals surface area (Å²) in [5, 5.41) is 5.17. The van der Waals surface area contributed by atoms with E-state index in [2.05, 4.69) is 10.6 Å². The molecule has 0 bridgehead atoms. The molecule has 0 aromatic heterocycles. The van der Waals surface area contributed by atoms with Crippen LogP contribution < -0.4 is 10.6 Å². The van der Waals surface area contributed by atoms with E-state index in [9.17, 15) is 4.79 Å². The second kappa shape index (κ2) is 3.61. The lowest BCUT2D eigenvalue weighted by Gasteiger charge is -2.14. The van der Waals surface area contributed by atoms with E-state index in [1.807, 2.05) is 6.92 Å². The lowest BCUT2D eigenvalue weighted by atomic mass is 10.6. The SMILES string of the molecule is CNC(C)N[C-]=O. The van der Waals surface area contributed by atoms with Gasteiger partial charge in [-0.05, 0) is 14.0 Å². The second-order valence-electron chi connectivity index (χ2n) is 1.26. The molecule has 2 N–H and O–H groups in total. The Bertz CT molecular complexity index is 55.7. The zero-order valence-electron chi connectivity index (χ0n) is 4.49. The van der Waals surface area contributed by atoms with E-state index in [-0.39, 0.29) is 6.17 Å². The molecule has 0 heterocycles. The van der Waals surface area contributed by atoms with Crippen LogP contribution in [-0.4, -0.2) is 19.6 Å². The molecule has 0 aromatic carbocycles. The highest BCUT2D eigenvalue weighted by atomic mass is 16.1. The highest BCUT2D eigenvalue weighted by Crippen LogP contribution is 1.62. The van der Waals surface area contributed by atoms with E-state index >= 15 is 0 Å². The van der Waals surface area contributed by atoms with E-state index in [4.69, 9.17) is 0 Å². The van der Waals surface area contributed by atoms with Gasteiger partial charge in [-0.1, -0.05) is 0 Å². The van der Waals surface area contributed by atoms with Crippen molar-refractivity contribution in [3.63, 3.8) is 0 Å². The summed E-state index contributed by atoms with van der Waals surface area (Å²) >= 11 is 0. The normalized spacial score (nSPS) is 12.9. The third-order valence-electron chi connectivity index (χ3n) is 0.708. The van der Waals surface area contributed by atoms with Gasteiger partial charge < -0.3 is 15.4 Å². The highest BCUT2D eigenvalue weighted by Gasteiger charge is 1.81. The van der Waals surface area contributed by atoms with E-state index in [1.54, 1.807) is 13.5 Å². The molecule has 0 saturated heterocycles. The number of hydrogen-bond donors (Lipinski definition) is 2. The molecule has 42 valence electrons. The summed E-state index contributed by atoms with van der Waals surface area (Å²) < 4.78 is 0. The Kier molecular flexibility index (Phi) is 3.32. The molecule has 0 spiro atoms. The molecule has 1 amide bonds. The van der Waals surface area contributed by atoms with Crippen molar-refractivity contribution in [1.82, 2.24) is 10.6 Å². The largest absolute Gasteiger partial charge is 0.520 e. The average Bonchev–Trinajstić information content (AvgIpc) is 1.68. The van der Waals surface area contributed by atoms with Crippen LogP contribution in [0.1, 0.15) is 6.92 Å². The number of hydrogen-bond acceptors (Lipinski definition) is 2. The molecular formula is C4H9N2O-. The highest BCUT2D eigenvalue weighted by molar-refractivity contribution is 5.47. The maximum Gasteiger partial charge on any atom is 0.0457 e. The van der Waals surface area contributed by atoms with Crippen molar-refractivity contribution in [2.75, 3.05) is 7.05 Å². The fourth-order valence-electron chi connectivity index (χ4n) is 0.161. The molecule has 1 atom stereocenters. The second-order valence-corrected chi connectivity index (χ2v) is 1.26. The van der Waals surface area contributed by atoms with Gasteiger partial charge in [0.05, 0.1) is 0 Å². The van der Waals surface area contributed by atoms with Gasteiger partial charge in [0, 0.05) is 6.17 Å². The van der Waals surface area contributed by atoms with Crippen molar-refractivity contribution in [3.05, 3.63) is 0 Å². The zero-order chi connectivity index (χ0) is 5.70. The summed E-state index contributed by atoms with van der Waals surface area (Å²) in [6.45, 7) is 1.82. The van der Waals surface area contributed by atoms with Crippen molar-refractivity contribution in [2.45, 2.75) is 13.1 Å². The lowest BCUT2D eigenvalue weighted by Crippen LogP contribution is -2.35. The molecule has 7 heavy (non-hydrogen) atoms. The van der Waals surface area contributed by atoms with Gasteiger partial charge in [0.1, 0.15) is 0 Å². The smallest absolute Gasteiger partial charge is 0.0457 e. The van der Waals surface area contributed by atoms with Crippen LogP contribution in [0.2, 0.25) is 0 Å². The topological polar surface area (TPSA) is 41.1 Å². The van der Waals surface area contributed by atoms with E-state index < -0.39 is 0 Å². The molecule has 1 unspecified atom stereocenters. The predicted molar refractivity (Wildman–Crippen MR) is 27.4 cm³/mol. The molecule has 0 aliphatic rings. The Labute approximate surface area is 43.1 Å². The van der Waals surface area contributed by atoms with Gasteiger partial charge in [0.15, 0.2) is 0 Å². The molecule has 0 radical (unpaired) electrons. The van der Waals surface area contributed by atoms with E-state index in [1.165, 1.54) is 0 Å². The molecular weight excluding hydrogens is 92.1 g/mol. The van der Waals surface area contributed by atoms with Gasteiger partial charge >= 0.3 is 0 Å². The first-order valence-electron chi connectivity index (χ1n) is 2.11. The Balaban J connectivity index is 2.98. The molecule has 0 aromatic rings. The monoisotopic (exact) mass is 101 g/mol. The lowest BCUT2D eigenvalue weighted by molar-refractivity contribution is 0.505. The quantitative estimate of drug-likeness (QED) is 0.278. The molecule has 3 nitrogen and oxygen atoms in total. The van der Waals surface area contributed by atoms with Gasteiger partial charge in [-0.2, -0.15) is 6.41 Å². The Morgan fingerprint density at radius 1 is 1.71 bits per heavy atom. The van der Waals surface area contributed by atoms with E-state index in [0.717, 1.165) is 0 Å². The van der Waals surface area contributed by atoms with Crippen molar-refractivity contribution in [1.29, 1.82) is 0 Å². The minimum Gasteiger partial charge on any atom is -0.520 e. The minimum atomic E-state index is 0.0255. The van der Waals surface area contributed by atoms with Crippen LogP contribution in [0.5, 0.6) is 0 Å². The van der Waals surface area contributed by atoms with Gasteiger partial charge in [-0.3, -0.25) is 0 Å². The average molecular weight is 101 g/mol. The third-order valence-corrected chi connectivity index (χ3v) is 0.708. The first kappa shape index (κ1) is 6.43. The van der Waals surface area contributed by atoms with Crippen molar-refractivity contribution >= 4 is 6.41 Å². The molecule has 0 fully saturated rings. The first-order chi connectivity index (χ1) is 3.31. The predicted octanol–water partition coefficient (Wildman–Crippen LogP) is -0.791. The summed E-state index contributed by atoms with van der Waals surface area (Å²) in [4.78, 5) is 9.50. The van der Waals surface area contributed by atoms with Gasteiger partial charge in [-0.25, -0.2) is 0 Å². The van der Waals surface area contributed by atoms with Gasteiger partial charge in [0.2, 0.25) is 0 Å². The van der Waals surface area contributed by atoms with Gasteiger partial charge in [-0.15, -0.1) is 0 Å². The van der Waals surface area contributed by atoms with Crippen LogP contribution in [0.3, 0.4) is 0 Å². The number of carbonyl (C=O) groups excluding carboxylic acids is 1. The number of rotatable bonds is 3. The van der Waals surface area contributed by atoms with Crippen LogP contribution in [0.15, 0.2) is 0 Å². The van der Waals surface area contributed by atoms with Crippen molar-refractivity contribution in [2.24, 2.45) is 0 Å². The molecule has 0 rings (SSSR count). The Morgan fingerprint density at radius 3 is 2.43 bits per heavy atom. The Hall–Kier alpha value is -0.570. The first-order valence-corrected chi connectivity index (χ1v) is 2.11. The van der Waals surface area contributed by atoms with Gasteiger partial charge in [0.25, 0.3) is 0 Å². The standard InChI is InChI=1S/C4H9N2O/c1-4(5-2)6-3-7/h4-5H,1-2H3,(H,6,7)/q-1. The van der Waals surface area contributed by atoms with Crippen LogP contribution in [0.25, 0.3) is 0 Å². The number of nitrogens with one attached hydrogen (secondary N) is 2. The maximum absolute atomic E-state index is 9.50. The van der Waals surface area contributed by atoms with E-state index in [0.29, 0.717) is 0 Å². The maximum atomic E-state index is 9.50. The summed E-state index contributed by atoms with van der Waals surface area (Å²) in [6, 6.07) is 0. The fraction of sp³-hybridized carbons (Fsp3) is 0.750. The minimum absolute atomic E-state index is 0.0255. The zero-order valence-corrected chi connectivity index (χ0v) is 4.49. The molecule has 3 heteroatoms.